The third-order valence-corrected chi connectivity index (χ3v) is 5.19. The third kappa shape index (κ3) is 3.30. The SMILES string of the molecule is CC(c1cccc([N+](=O)[O-])c1)N(C)C(=O)Cn1cnc2c(oc3ccccc32)c1=O. The molecule has 1 unspecified atom stereocenters. The van der Waals surface area contributed by atoms with Crippen molar-refractivity contribution >= 4 is 33.7 Å². The zero-order valence-electron chi connectivity index (χ0n) is 16.3. The van der Waals surface area contributed by atoms with Gasteiger partial charge in [-0.05, 0) is 24.6 Å². The summed E-state index contributed by atoms with van der Waals surface area (Å²) in [5.41, 5.74) is 1.24. The third-order valence-electron chi connectivity index (χ3n) is 5.19. The molecule has 0 aliphatic carbocycles. The summed E-state index contributed by atoms with van der Waals surface area (Å²) in [4.78, 5) is 41.8. The summed E-state index contributed by atoms with van der Waals surface area (Å²) < 4.78 is 6.83. The molecule has 1 amide bonds. The Kier molecular flexibility index (Phi) is 4.78. The molecule has 2 aromatic heterocycles. The van der Waals surface area contributed by atoms with Crippen LogP contribution in [-0.4, -0.2) is 32.3 Å². The first-order valence-electron chi connectivity index (χ1n) is 9.23. The van der Waals surface area contributed by atoms with E-state index in [1.807, 2.05) is 12.1 Å². The van der Waals surface area contributed by atoms with E-state index in [0.29, 0.717) is 16.7 Å². The molecule has 0 aliphatic rings. The van der Waals surface area contributed by atoms with Gasteiger partial charge < -0.3 is 9.32 Å². The molecule has 0 fully saturated rings. The van der Waals surface area contributed by atoms with Crippen molar-refractivity contribution < 1.29 is 14.1 Å². The molecule has 0 radical (unpaired) electrons. The van der Waals surface area contributed by atoms with Gasteiger partial charge in [-0.3, -0.25) is 24.3 Å². The van der Waals surface area contributed by atoms with E-state index >= 15 is 0 Å². The first-order chi connectivity index (χ1) is 14.4. The average Bonchev–Trinajstić information content (AvgIpc) is 3.14. The van der Waals surface area contributed by atoms with Crippen LogP contribution < -0.4 is 5.56 Å². The van der Waals surface area contributed by atoms with Crippen LogP contribution in [0.1, 0.15) is 18.5 Å². The molecule has 0 aliphatic heterocycles. The van der Waals surface area contributed by atoms with E-state index in [-0.39, 0.29) is 23.7 Å². The van der Waals surface area contributed by atoms with Gasteiger partial charge in [-0.1, -0.05) is 24.3 Å². The summed E-state index contributed by atoms with van der Waals surface area (Å²) in [7, 11) is 1.59. The number of nitro benzene ring substituents is 1. The highest BCUT2D eigenvalue weighted by atomic mass is 16.6. The van der Waals surface area contributed by atoms with Gasteiger partial charge in [0.25, 0.3) is 11.2 Å². The Bertz CT molecular complexity index is 1340. The number of carbonyl (C=O) groups is 1. The van der Waals surface area contributed by atoms with Crippen molar-refractivity contribution in [3.05, 3.63) is 80.9 Å². The predicted molar refractivity (Wildman–Crippen MR) is 110 cm³/mol. The lowest BCUT2D eigenvalue weighted by Gasteiger charge is -2.25. The second-order valence-electron chi connectivity index (χ2n) is 6.99. The molecule has 0 spiro atoms. The number of aromatic nitrogens is 2. The summed E-state index contributed by atoms with van der Waals surface area (Å²) >= 11 is 0. The smallest absolute Gasteiger partial charge is 0.297 e. The van der Waals surface area contributed by atoms with Crippen LogP contribution in [0.3, 0.4) is 0 Å². The molecule has 0 saturated carbocycles. The Balaban J connectivity index is 1.60. The molecule has 0 bridgehead atoms. The summed E-state index contributed by atoms with van der Waals surface area (Å²) in [6.45, 7) is 1.54. The zero-order valence-corrected chi connectivity index (χ0v) is 16.3. The highest BCUT2D eigenvalue weighted by Crippen LogP contribution is 2.25. The molecule has 9 heteroatoms. The minimum Gasteiger partial charge on any atom is -0.448 e. The van der Waals surface area contributed by atoms with Crippen molar-refractivity contribution in [2.75, 3.05) is 7.05 Å². The van der Waals surface area contributed by atoms with Gasteiger partial charge in [-0.15, -0.1) is 0 Å². The molecule has 30 heavy (non-hydrogen) atoms. The fourth-order valence-electron chi connectivity index (χ4n) is 3.32. The second-order valence-corrected chi connectivity index (χ2v) is 6.99. The number of hydrogen-bond donors (Lipinski definition) is 0. The number of amides is 1. The fraction of sp³-hybridized carbons (Fsp3) is 0.190. The molecule has 152 valence electrons. The van der Waals surface area contributed by atoms with Gasteiger partial charge in [0, 0.05) is 24.6 Å². The van der Waals surface area contributed by atoms with Crippen LogP contribution in [0.5, 0.6) is 0 Å². The molecule has 1 atom stereocenters. The average molecular weight is 406 g/mol. The van der Waals surface area contributed by atoms with Crippen LogP contribution in [0.2, 0.25) is 0 Å². The van der Waals surface area contributed by atoms with Crippen molar-refractivity contribution in [3.8, 4) is 0 Å². The minimum atomic E-state index is -0.480. The van der Waals surface area contributed by atoms with Gasteiger partial charge >= 0.3 is 0 Å². The van der Waals surface area contributed by atoms with Gasteiger partial charge in [-0.2, -0.15) is 0 Å². The molecule has 2 aromatic carbocycles. The number of benzene rings is 2. The first kappa shape index (κ1) is 19.3. The van der Waals surface area contributed by atoms with Crippen molar-refractivity contribution in [2.24, 2.45) is 0 Å². The Morgan fingerprint density at radius 1 is 1.27 bits per heavy atom. The highest BCUT2D eigenvalue weighted by molar-refractivity contribution is 6.01. The lowest BCUT2D eigenvalue weighted by molar-refractivity contribution is -0.384. The number of nitrogens with zero attached hydrogens (tertiary/aromatic N) is 4. The highest BCUT2D eigenvalue weighted by Gasteiger charge is 2.21. The Labute approximate surface area is 170 Å². The number of likely N-dealkylation sites (N-methyl/N-ethyl adjacent to an activating group) is 1. The van der Waals surface area contributed by atoms with E-state index in [0.717, 1.165) is 5.39 Å². The van der Waals surface area contributed by atoms with Crippen LogP contribution >= 0.6 is 0 Å². The van der Waals surface area contributed by atoms with Crippen LogP contribution in [0.15, 0.2) is 64.1 Å². The molecule has 4 rings (SSSR count). The van der Waals surface area contributed by atoms with Crippen LogP contribution in [-0.2, 0) is 11.3 Å². The maximum absolute atomic E-state index is 12.8. The van der Waals surface area contributed by atoms with Gasteiger partial charge in [0.2, 0.25) is 11.5 Å². The van der Waals surface area contributed by atoms with E-state index in [2.05, 4.69) is 4.98 Å². The van der Waals surface area contributed by atoms with Crippen molar-refractivity contribution in [1.29, 1.82) is 0 Å². The lowest BCUT2D eigenvalue weighted by Crippen LogP contribution is -2.35. The van der Waals surface area contributed by atoms with E-state index < -0.39 is 16.5 Å². The Hall–Kier alpha value is -4.01. The fourth-order valence-corrected chi connectivity index (χ4v) is 3.32. The van der Waals surface area contributed by atoms with Crippen LogP contribution in [0.4, 0.5) is 5.69 Å². The maximum Gasteiger partial charge on any atom is 0.297 e. The summed E-state index contributed by atoms with van der Waals surface area (Å²) in [6, 6.07) is 12.9. The predicted octanol–water partition coefficient (Wildman–Crippen LogP) is 3.27. The van der Waals surface area contributed by atoms with Gasteiger partial charge in [-0.25, -0.2) is 4.98 Å². The minimum absolute atomic E-state index is 0.0454. The standard InChI is InChI=1S/C21H18N4O5/c1-13(14-6-5-7-15(10-14)25(28)29)23(2)18(26)11-24-12-22-19-16-8-3-4-9-17(16)30-20(19)21(24)27/h3-10,12-13H,11H2,1-2H3. The number of hydrogen-bond acceptors (Lipinski definition) is 6. The summed E-state index contributed by atoms with van der Waals surface area (Å²) in [5, 5.41) is 11.7. The zero-order chi connectivity index (χ0) is 21.4. The molecule has 0 saturated heterocycles. The lowest BCUT2D eigenvalue weighted by atomic mass is 10.1. The molecular formula is C21H18N4O5. The Morgan fingerprint density at radius 3 is 2.80 bits per heavy atom. The van der Waals surface area contributed by atoms with Crippen molar-refractivity contribution in [1.82, 2.24) is 14.5 Å². The van der Waals surface area contributed by atoms with E-state index in [1.165, 1.54) is 27.9 Å². The summed E-state index contributed by atoms with van der Waals surface area (Å²) in [5.74, 6) is -0.339. The van der Waals surface area contributed by atoms with E-state index in [9.17, 15) is 19.7 Å². The maximum atomic E-state index is 12.8. The molecular weight excluding hydrogens is 388 g/mol. The largest absolute Gasteiger partial charge is 0.448 e. The van der Waals surface area contributed by atoms with Gasteiger partial charge in [0.1, 0.15) is 17.6 Å². The number of carbonyl (C=O) groups excluding carboxylic acids is 1. The number of furan rings is 1. The van der Waals surface area contributed by atoms with Gasteiger partial charge in [0.15, 0.2) is 0 Å². The quantitative estimate of drug-likeness (QED) is 0.371. The Morgan fingerprint density at radius 2 is 2.03 bits per heavy atom. The molecule has 9 nitrogen and oxygen atoms in total. The number of para-hydroxylation sites is 1. The monoisotopic (exact) mass is 406 g/mol. The number of fused-ring (bicyclic) bond motifs is 3. The van der Waals surface area contributed by atoms with Crippen LogP contribution in [0, 0.1) is 10.1 Å². The normalized spacial score (nSPS) is 12.2. The molecule has 2 heterocycles. The molecule has 4 aromatic rings. The first-order valence-corrected chi connectivity index (χ1v) is 9.23. The van der Waals surface area contributed by atoms with E-state index in [4.69, 9.17) is 4.42 Å². The summed E-state index contributed by atoms with van der Waals surface area (Å²) in [6.07, 6.45) is 1.33. The van der Waals surface area contributed by atoms with E-state index in [1.54, 1.807) is 38.2 Å². The number of rotatable bonds is 5. The topological polar surface area (TPSA) is 111 Å². The number of nitro groups is 1. The van der Waals surface area contributed by atoms with Crippen LogP contribution in [0.25, 0.3) is 22.1 Å². The van der Waals surface area contributed by atoms with Crippen molar-refractivity contribution in [2.45, 2.75) is 19.5 Å². The number of non-ortho nitro benzene ring substituents is 1. The van der Waals surface area contributed by atoms with Crippen molar-refractivity contribution in [3.63, 3.8) is 0 Å². The second kappa shape index (κ2) is 7.43. The molecule has 0 N–H and O–H groups in total. The van der Waals surface area contributed by atoms with Gasteiger partial charge in [0.05, 0.1) is 17.3 Å².